The smallest absolute Gasteiger partial charge is 0.119 e. The Morgan fingerprint density at radius 1 is 0.783 bits per heavy atom. The van der Waals surface area contributed by atoms with Gasteiger partial charge in [0.2, 0.25) is 0 Å². The van der Waals surface area contributed by atoms with Gasteiger partial charge in [0.15, 0.2) is 0 Å². The molecule has 23 heavy (non-hydrogen) atoms. The van der Waals surface area contributed by atoms with Gasteiger partial charge in [-0.1, -0.05) is 48.5 Å². The van der Waals surface area contributed by atoms with Gasteiger partial charge in [-0.05, 0) is 30.3 Å². The van der Waals surface area contributed by atoms with Crippen LogP contribution >= 0.6 is 0 Å². The van der Waals surface area contributed by atoms with E-state index in [1.165, 1.54) is 0 Å². The first-order valence-corrected chi connectivity index (χ1v) is 7.54. The van der Waals surface area contributed by atoms with E-state index in [2.05, 4.69) is 42.5 Å². The van der Waals surface area contributed by atoms with Crippen molar-refractivity contribution < 1.29 is 4.74 Å². The summed E-state index contributed by atoms with van der Waals surface area (Å²) in [6, 6.07) is 26.6. The molecule has 0 amide bonds. The molecule has 4 aromatic rings. The molecule has 0 N–H and O–H groups in total. The summed E-state index contributed by atoms with van der Waals surface area (Å²) in [5.74, 6) is 0.843. The van der Waals surface area contributed by atoms with Crippen LogP contribution in [0.5, 0.6) is 5.75 Å². The average molecular weight is 300 g/mol. The Hall–Kier alpha value is -3.07. The first-order chi connectivity index (χ1) is 11.3. The number of pyridine rings is 1. The number of methoxy groups -OCH3 is 1. The van der Waals surface area contributed by atoms with Crippen LogP contribution in [0.1, 0.15) is 0 Å². The molecule has 2 aromatic carbocycles. The van der Waals surface area contributed by atoms with Crippen molar-refractivity contribution in [2.75, 3.05) is 7.11 Å². The lowest BCUT2D eigenvalue weighted by molar-refractivity contribution is 0.415. The molecule has 112 valence electrons. The fourth-order valence-electron chi connectivity index (χ4n) is 2.77. The number of benzene rings is 2. The number of nitrogens with zero attached hydrogens (tertiary/aromatic N) is 2. The summed E-state index contributed by atoms with van der Waals surface area (Å²) in [5.41, 5.74) is 5.29. The number of ether oxygens (including phenoxy) is 1. The fourth-order valence-corrected chi connectivity index (χ4v) is 2.77. The largest absolute Gasteiger partial charge is 0.497 e. The third-order valence-corrected chi connectivity index (χ3v) is 3.92. The van der Waals surface area contributed by atoms with Gasteiger partial charge >= 0.3 is 0 Å². The average Bonchev–Trinajstić information content (AvgIpc) is 3.07. The van der Waals surface area contributed by atoms with Gasteiger partial charge in [-0.2, -0.15) is 5.10 Å². The topological polar surface area (TPSA) is 26.5 Å². The Balaban J connectivity index is 1.89. The number of rotatable bonds is 3. The Bertz CT molecular complexity index is 958. The Morgan fingerprint density at radius 3 is 2.39 bits per heavy atom. The second-order valence-corrected chi connectivity index (χ2v) is 5.38. The van der Waals surface area contributed by atoms with Gasteiger partial charge in [-0.15, -0.1) is 0 Å². The molecule has 0 atom stereocenters. The van der Waals surface area contributed by atoms with Crippen LogP contribution < -0.4 is 4.74 Å². The lowest BCUT2D eigenvalue weighted by atomic mass is 10.1. The minimum Gasteiger partial charge on any atom is -0.497 e. The van der Waals surface area contributed by atoms with Crippen molar-refractivity contribution in [1.29, 1.82) is 0 Å². The molecule has 0 radical (unpaired) electrons. The minimum absolute atomic E-state index is 0.843. The molecule has 0 bridgehead atoms. The fraction of sp³-hybridized carbons (Fsp3) is 0.0500. The monoisotopic (exact) mass is 300 g/mol. The summed E-state index contributed by atoms with van der Waals surface area (Å²) in [6.45, 7) is 0. The van der Waals surface area contributed by atoms with Crippen molar-refractivity contribution in [3.05, 3.63) is 78.9 Å². The maximum atomic E-state index is 5.33. The number of fused-ring (bicyclic) bond motifs is 1. The summed E-state index contributed by atoms with van der Waals surface area (Å²) >= 11 is 0. The highest BCUT2D eigenvalue weighted by molar-refractivity contribution is 5.71. The quantitative estimate of drug-likeness (QED) is 0.549. The zero-order valence-corrected chi connectivity index (χ0v) is 12.8. The van der Waals surface area contributed by atoms with Crippen molar-refractivity contribution in [2.45, 2.75) is 0 Å². The molecule has 0 fully saturated rings. The van der Waals surface area contributed by atoms with Crippen molar-refractivity contribution in [3.63, 3.8) is 0 Å². The van der Waals surface area contributed by atoms with Gasteiger partial charge in [-0.25, -0.2) is 4.52 Å². The van der Waals surface area contributed by atoms with Crippen molar-refractivity contribution in [3.8, 4) is 28.3 Å². The molecule has 0 aliphatic heterocycles. The summed E-state index contributed by atoms with van der Waals surface area (Å²) in [6.07, 6.45) is 0. The lowest BCUT2D eigenvalue weighted by Crippen LogP contribution is -1.94. The van der Waals surface area contributed by atoms with Crippen LogP contribution in [0.25, 0.3) is 28.0 Å². The molecule has 2 heterocycles. The first-order valence-electron chi connectivity index (χ1n) is 7.54. The SMILES string of the molecule is COc1cccc(-c2cccc3cc(-c4ccccc4)nn23)c1. The van der Waals surface area contributed by atoms with E-state index in [0.717, 1.165) is 33.8 Å². The molecule has 0 aliphatic rings. The molecule has 0 saturated carbocycles. The second-order valence-electron chi connectivity index (χ2n) is 5.38. The Labute approximate surface area is 134 Å². The summed E-state index contributed by atoms with van der Waals surface area (Å²) in [5, 5.41) is 4.79. The van der Waals surface area contributed by atoms with Gasteiger partial charge in [0.05, 0.1) is 24.0 Å². The maximum absolute atomic E-state index is 5.33. The number of hydrogen-bond donors (Lipinski definition) is 0. The summed E-state index contributed by atoms with van der Waals surface area (Å²) in [4.78, 5) is 0. The predicted molar refractivity (Wildman–Crippen MR) is 92.6 cm³/mol. The van der Waals surface area contributed by atoms with Crippen molar-refractivity contribution in [2.24, 2.45) is 0 Å². The molecule has 0 spiro atoms. The molecule has 0 saturated heterocycles. The standard InChI is InChI=1S/C20H16N2O/c1-23-18-11-5-9-16(13-18)20-12-6-10-17-14-19(21-22(17)20)15-7-3-2-4-8-15/h2-14H,1H3. The van der Waals surface area contributed by atoms with E-state index >= 15 is 0 Å². The Kier molecular flexibility index (Phi) is 3.31. The summed E-state index contributed by atoms with van der Waals surface area (Å²) < 4.78 is 7.32. The van der Waals surface area contributed by atoms with Crippen LogP contribution in [-0.4, -0.2) is 16.7 Å². The summed E-state index contributed by atoms with van der Waals surface area (Å²) in [7, 11) is 1.68. The molecule has 2 aromatic heterocycles. The highest BCUT2D eigenvalue weighted by atomic mass is 16.5. The van der Waals surface area contributed by atoms with E-state index in [-0.39, 0.29) is 0 Å². The molecule has 0 unspecified atom stereocenters. The predicted octanol–water partition coefficient (Wildman–Crippen LogP) is 4.68. The van der Waals surface area contributed by atoms with Crippen LogP contribution in [0, 0.1) is 0 Å². The van der Waals surface area contributed by atoms with E-state index in [1.54, 1.807) is 7.11 Å². The Morgan fingerprint density at radius 2 is 1.57 bits per heavy atom. The van der Waals surface area contributed by atoms with E-state index < -0.39 is 0 Å². The molecular weight excluding hydrogens is 284 g/mol. The normalized spacial score (nSPS) is 10.8. The van der Waals surface area contributed by atoms with Crippen molar-refractivity contribution >= 4 is 5.52 Å². The minimum atomic E-state index is 0.843. The van der Waals surface area contributed by atoms with Gasteiger partial charge in [0, 0.05) is 11.1 Å². The van der Waals surface area contributed by atoms with Crippen LogP contribution in [0.2, 0.25) is 0 Å². The second kappa shape index (κ2) is 5.61. The molecule has 0 aliphatic carbocycles. The number of aromatic nitrogens is 2. The van der Waals surface area contributed by atoms with Crippen LogP contribution in [0.4, 0.5) is 0 Å². The van der Waals surface area contributed by atoms with Crippen molar-refractivity contribution in [1.82, 2.24) is 9.61 Å². The van der Waals surface area contributed by atoms with E-state index in [9.17, 15) is 0 Å². The van der Waals surface area contributed by atoms with E-state index in [4.69, 9.17) is 9.84 Å². The van der Waals surface area contributed by atoms with E-state index in [1.807, 2.05) is 40.9 Å². The van der Waals surface area contributed by atoms with Crippen LogP contribution in [0.15, 0.2) is 78.9 Å². The van der Waals surface area contributed by atoms with Gasteiger partial charge in [0.25, 0.3) is 0 Å². The highest BCUT2D eigenvalue weighted by Crippen LogP contribution is 2.27. The third kappa shape index (κ3) is 2.46. The molecule has 3 nitrogen and oxygen atoms in total. The van der Waals surface area contributed by atoms with E-state index in [0.29, 0.717) is 0 Å². The van der Waals surface area contributed by atoms with Gasteiger partial charge in [0.1, 0.15) is 5.75 Å². The zero-order valence-electron chi connectivity index (χ0n) is 12.8. The molecule has 4 rings (SSSR count). The molecule has 3 heteroatoms. The van der Waals surface area contributed by atoms with Gasteiger partial charge in [-0.3, -0.25) is 0 Å². The van der Waals surface area contributed by atoms with Crippen LogP contribution in [-0.2, 0) is 0 Å². The first kappa shape index (κ1) is 13.6. The maximum Gasteiger partial charge on any atom is 0.119 e. The van der Waals surface area contributed by atoms with Gasteiger partial charge < -0.3 is 4.74 Å². The number of hydrogen-bond acceptors (Lipinski definition) is 2. The molecular formula is C20H16N2O. The lowest BCUT2D eigenvalue weighted by Gasteiger charge is -2.07. The van der Waals surface area contributed by atoms with Crippen LogP contribution in [0.3, 0.4) is 0 Å². The third-order valence-electron chi connectivity index (χ3n) is 3.92. The zero-order chi connectivity index (χ0) is 15.6. The highest BCUT2D eigenvalue weighted by Gasteiger charge is 2.09.